The molecule has 2 aromatic heterocycles. The highest BCUT2D eigenvalue weighted by Crippen LogP contribution is 2.18. The molecule has 128 valence electrons. The SMILES string of the molecule is CC(NC(=O)CN1CCN(C(=O)c2cccs2)CC1)c1cccs1. The average molecular weight is 364 g/mol. The van der Waals surface area contributed by atoms with E-state index in [-0.39, 0.29) is 17.9 Å². The number of carbonyl (C=O) groups is 2. The topological polar surface area (TPSA) is 52.7 Å². The van der Waals surface area contributed by atoms with Crippen LogP contribution >= 0.6 is 22.7 Å². The summed E-state index contributed by atoms with van der Waals surface area (Å²) in [6, 6.07) is 7.82. The monoisotopic (exact) mass is 363 g/mol. The van der Waals surface area contributed by atoms with Gasteiger partial charge in [-0.1, -0.05) is 12.1 Å². The maximum atomic E-state index is 12.3. The Labute approximate surface area is 149 Å². The summed E-state index contributed by atoms with van der Waals surface area (Å²) in [6.45, 7) is 5.20. The first kappa shape index (κ1) is 17.1. The molecule has 1 aliphatic heterocycles. The minimum Gasteiger partial charge on any atom is -0.348 e. The molecule has 24 heavy (non-hydrogen) atoms. The molecule has 0 spiro atoms. The van der Waals surface area contributed by atoms with Gasteiger partial charge in [0, 0.05) is 31.1 Å². The van der Waals surface area contributed by atoms with Crippen LogP contribution in [0.5, 0.6) is 0 Å². The van der Waals surface area contributed by atoms with Crippen LogP contribution in [0.4, 0.5) is 0 Å². The van der Waals surface area contributed by atoms with Crippen molar-refractivity contribution in [3.8, 4) is 0 Å². The summed E-state index contributed by atoms with van der Waals surface area (Å²) in [5.41, 5.74) is 0. The second-order valence-electron chi connectivity index (χ2n) is 5.85. The first-order valence-electron chi connectivity index (χ1n) is 8.01. The third-order valence-corrected chi connectivity index (χ3v) is 6.02. The second kappa shape index (κ2) is 7.92. The lowest BCUT2D eigenvalue weighted by Gasteiger charge is -2.34. The number of hydrogen-bond donors (Lipinski definition) is 1. The van der Waals surface area contributed by atoms with Crippen LogP contribution in [0.25, 0.3) is 0 Å². The first-order valence-corrected chi connectivity index (χ1v) is 9.77. The molecule has 0 radical (unpaired) electrons. The van der Waals surface area contributed by atoms with E-state index in [2.05, 4.69) is 10.2 Å². The standard InChI is InChI=1S/C17H21N3O2S2/c1-13(14-4-2-10-23-14)18-16(21)12-19-6-8-20(9-7-19)17(22)15-5-3-11-24-15/h2-5,10-11,13H,6-9,12H2,1H3,(H,18,21). The normalized spacial score (nSPS) is 16.8. The molecule has 3 rings (SSSR count). The lowest BCUT2D eigenvalue weighted by molar-refractivity contribution is -0.123. The van der Waals surface area contributed by atoms with Crippen molar-refractivity contribution < 1.29 is 9.59 Å². The van der Waals surface area contributed by atoms with Crippen LogP contribution in [0.1, 0.15) is 27.5 Å². The molecule has 1 N–H and O–H groups in total. The molecule has 2 amide bonds. The predicted octanol–water partition coefficient (Wildman–Crippen LogP) is 2.44. The van der Waals surface area contributed by atoms with Gasteiger partial charge in [-0.05, 0) is 29.8 Å². The molecule has 0 bridgehead atoms. The number of nitrogens with one attached hydrogen (secondary N) is 1. The van der Waals surface area contributed by atoms with Crippen LogP contribution < -0.4 is 5.32 Å². The Kier molecular flexibility index (Phi) is 5.65. The van der Waals surface area contributed by atoms with Gasteiger partial charge in [-0.2, -0.15) is 0 Å². The van der Waals surface area contributed by atoms with Gasteiger partial charge in [0.1, 0.15) is 0 Å². The van der Waals surface area contributed by atoms with E-state index >= 15 is 0 Å². The molecule has 0 aromatic carbocycles. The molecule has 3 heterocycles. The van der Waals surface area contributed by atoms with E-state index in [0.29, 0.717) is 19.6 Å². The molecule has 0 aliphatic carbocycles. The molecule has 1 saturated heterocycles. The Bertz CT molecular complexity index is 662. The smallest absolute Gasteiger partial charge is 0.264 e. The van der Waals surface area contributed by atoms with Gasteiger partial charge in [0.15, 0.2) is 0 Å². The molecule has 1 unspecified atom stereocenters. The molecule has 1 atom stereocenters. The lowest BCUT2D eigenvalue weighted by atomic mass is 10.2. The summed E-state index contributed by atoms with van der Waals surface area (Å²) >= 11 is 3.12. The fraction of sp³-hybridized carbons (Fsp3) is 0.412. The molecular formula is C17H21N3O2S2. The van der Waals surface area contributed by atoms with Crippen molar-refractivity contribution in [2.75, 3.05) is 32.7 Å². The van der Waals surface area contributed by atoms with Gasteiger partial charge < -0.3 is 10.2 Å². The largest absolute Gasteiger partial charge is 0.348 e. The van der Waals surface area contributed by atoms with Gasteiger partial charge in [0.25, 0.3) is 5.91 Å². The highest BCUT2D eigenvalue weighted by molar-refractivity contribution is 7.12. The van der Waals surface area contributed by atoms with Crippen molar-refractivity contribution in [3.05, 3.63) is 44.8 Å². The number of piperazine rings is 1. The fourth-order valence-corrected chi connectivity index (χ4v) is 4.19. The molecule has 0 saturated carbocycles. The molecule has 7 heteroatoms. The number of nitrogens with zero attached hydrogens (tertiary/aromatic N) is 2. The Morgan fingerprint density at radius 2 is 1.83 bits per heavy atom. The van der Waals surface area contributed by atoms with Crippen LogP contribution in [-0.2, 0) is 4.79 Å². The summed E-state index contributed by atoms with van der Waals surface area (Å²) in [6.07, 6.45) is 0. The Morgan fingerprint density at radius 1 is 1.12 bits per heavy atom. The molecule has 1 aliphatic rings. The van der Waals surface area contributed by atoms with Gasteiger partial charge in [0.05, 0.1) is 17.5 Å². The maximum Gasteiger partial charge on any atom is 0.264 e. The molecule has 1 fully saturated rings. The van der Waals surface area contributed by atoms with Crippen molar-refractivity contribution in [2.24, 2.45) is 0 Å². The van der Waals surface area contributed by atoms with Crippen molar-refractivity contribution in [1.29, 1.82) is 0 Å². The molecule has 2 aromatic rings. The van der Waals surface area contributed by atoms with E-state index in [0.717, 1.165) is 22.8 Å². The van der Waals surface area contributed by atoms with Crippen molar-refractivity contribution in [2.45, 2.75) is 13.0 Å². The summed E-state index contributed by atoms with van der Waals surface area (Å²) < 4.78 is 0. The molecular weight excluding hydrogens is 342 g/mol. The Hall–Kier alpha value is -1.70. The number of amides is 2. The second-order valence-corrected chi connectivity index (χ2v) is 7.78. The van der Waals surface area contributed by atoms with Gasteiger partial charge in [-0.3, -0.25) is 14.5 Å². The molecule has 5 nitrogen and oxygen atoms in total. The third kappa shape index (κ3) is 4.23. The minimum absolute atomic E-state index is 0.0360. The number of thiophene rings is 2. The summed E-state index contributed by atoms with van der Waals surface area (Å²) in [5.74, 6) is 0.134. The highest BCUT2D eigenvalue weighted by atomic mass is 32.1. The van der Waals surface area contributed by atoms with E-state index in [1.54, 1.807) is 11.3 Å². The van der Waals surface area contributed by atoms with Crippen molar-refractivity contribution in [3.63, 3.8) is 0 Å². The van der Waals surface area contributed by atoms with Crippen molar-refractivity contribution in [1.82, 2.24) is 15.1 Å². The highest BCUT2D eigenvalue weighted by Gasteiger charge is 2.24. The average Bonchev–Trinajstić information content (AvgIpc) is 3.28. The zero-order chi connectivity index (χ0) is 16.9. The number of hydrogen-bond acceptors (Lipinski definition) is 5. The van der Waals surface area contributed by atoms with Crippen LogP contribution in [0.15, 0.2) is 35.0 Å². The number of rotatable bonds is 5. The Morgan fingerprint density at radius 3 is 2.46 bits per heavy atom. The maximum absolute atomic E-state index is 12.3. The van der Waals surface area contributed by atoms with E-state index in [4.69, 9.17) is 0 Å². The van der Waals surface area contributed by atoms with Crippen LogP contribution in [0, 0.1) is 0 Å². The van der Waals surface area contributed by atoms with Crippen molar-refractivity contribution >= 4 is 34.5 Å². The zero-order valence-electron chi connectivity index (χ0n) is 13.6. The van der Waals surface area contributed by atoms with Crippen LogP contribution in [0.2, 0.25) is 0 Å². The van der Waals surface area contributed by atoms with Gasteiger partial charge in [0.2, 0.25) is 5.91 Å². The summed E-state index contributed by atoms with van der Waals surface area (Å²) in [7, 11) is 0. The van der Waals surface area contributed by atoms with Crippen LogP contribution in [0.3, 0.4) is 0 Å². The van der Waals surface area contributed by atoms with Crippen LogP contribution in [-0.4, -0.2) is 54.3 Å². The van der Waals surface area contributed by atoms with Gasteiger partial charge >= 0.3 is 0 Å². The first-order chi connectivity index (χ1) is 11.6. The van der Waals surface area contributed by atoms with E-state index in [1.165, 1.54) is 11.3 Å². The van der Waals surface area contributed by atoms with Gasteiger partial charge in [-0.25, -0.2) is 0 Å². The lowest BCUT2D eigenvalue weighted by Crippen LogP contribution is -2.51. The Balaban J connectivity index is 1.43. The fourth-order valence-electron chi connectivity index (χ4n) is 2.76. The number of carbonyl (C=O) groups excluding carboxylic acids is 2. The van der Waals surface area contributed by atoms with E-state index in [1.807, 2.05) is 46.8 Å². The predicted molar refractivity (Wildman–Crippen MR) is 97.5 cm³/mol. The van der Waals surface area contributed by atoms with Gasteiger partial charge in [-0.15, -0.1) is 22.7 Å². The zero-order valence-corrected chi connectivity index (χ0v) is 15.2. The van der Waals surface area contributed by atoms with E-state index in [9.17, 15) is 9.59 Å². The summed E-state index contributed by atoms with van der Waals surface area (Å²) in [5, 5.41) is 6.97. The quantitative estimate of drug-likeness (QED) is 0.888. The van der Waals surface area contributed by atoms with E-state index < -0.39 is 0 Å². The summed E-state index contributed by atoms with van der Waals surface area (Å²) in [4.78, 5) is 30.4. The third-order valence-electron chi connectivity index (χ3n) is 4.11. The minimum atomic E-state index is 0.0360.